The number of likely N-dealkylation sites (N-methyl/N-ethyl adjacent to an activating group) is 1. The molecule has 1 saturated carbocycles. The molecule has 4 aliphatic rings. The zero-order valence-corrected chi connectivity index (χ0v) is 10.7. The average molecular weight is 237 g/mol. The molecule has 4 fully saturated rings. The molecule has 3 heterocycles. The SMILES string of the molecule is CN(C(=O)CNC1CN2CCC1CC2)C1CC1. The molecule has 1 atom stereocenters. The Morgan fingerprint density at radius 2 is 2.00 bits per heavy atom. The van der Waals surface area contributed by atoms with Crippen LogP contribution in [-0.4, -0.2) is 61.0 Å². The molecule has 3 aliphatic heterocycles. The monoisotopic (exact) mass is 237 g/mol. The molecule has 3 saturated heterocycles. The minimum atomic E-state index is 0.268. The number of hydrogen-bond acceptors (Lipinski definition) is 3. The third kappa shape index (κ3) is 2.47. The lowest BCUT2D eigenvalue weighted by Crippen LogP contribution is -2.57. The van der Waals surface area contributed by atoms with Gasteiger partial charge in [-0.2, -0.15) is 0 Å². The number of nitrogens with one attached hydrogen (secondary N) is 1. The first-order valence-corrected chi connectivity index (χ1v) is 6.95. The van der Waals surface area contributed by atoms with Crippen LogP contribution in [0.2, 0.25) is 0 Å². The van der Waals surface area contributed by atoms with E-state index in [2.05, 4.69) is 10.2 Å². The number of fused-ring (bicyclic) bond motifs is 3. The highest BCUT2D eigenvalue weighted by Crippen LogP contribution is 2.28. The summed E-state index contributed by atoms with van der Waals surface area (Å²) in [4.78, 5) is 16.4. The van der Waals surface area contributed by atoms with Crippen LogP contribution in [0.25, 0.3) is 0 Å². The second-order valence-corrected chi connectivity index (χ2v) is 5.86. The van der Waals surface area contributed by atoms with E-state index in [0.29, 0.717) is 18.6 Å². The Balaban J connectivity index is 1.46. The fourth-order valence-electron chi connectivity index (χ4n) is 3.20. The van der Waals surface area contributed by atoms with Gasteiger partial charge in [-0.15, -0.1) is 0 Å². The molecular weight excluding hydrogens is 214 g/mol. The number of rotatable bonds is 4. The van der Waals surface area contributed by atoms with Gasteiger partial charge in [0, 0.05) is 25.7 Å². The van der Waals surface area contributed by atoms with E-state index < -0.39 is 0 Å². The van der Waals surface area contributed by atoms with Crippen LogP contribution in [0.5, 0.6) is 0 Å². The predicted octanol–water partition coefficient (Wildman–Crippen LogP) is 0.291. The lowest BCUT2D eigenvalue weighted by molar-refractivity contribution is -0.129. The van der Waals surface area contributed by atoms with Crippen LogP contribution in [0.3, 0.4) is 0 Å². The molecule has 1 unspecified atom stereocenters. The van der Waals surface area contributed by atoms with Gasteiger partial charge in [-0.1, -0.05) is 0 Å². The van der Waals surface area contributed by atoms with Gasteiger partial charge < -0.3 is 15.1 Å². The summed E-state index contributed by atoms with van der Waals surface area (Å²) in [6.07, 6.45) is 5.01. The van der Waals surface area contributed by atoms with Crippen molar-refractivity contribution in [3.05, 3.63) is 0 Å². The number of hydrogen-bond donors (Lipinski definition) is 1. The number of amides is 1. The maximum atomic E-state index is 11.9. The van der Waals surface area contributed by atoms with E-state index in [0.717, 1.165) is 12.5 Å². The third-order valence-electron chi connectivity index (χ3n) is 4.66. The van der Waals surface area contributed by atoms with Crippen molar-refractivity contribution in [3.63, 3.8) is 0 Å². The fourth-order valence-corrected chi connectivity index (χ4v) is 3.20. The number of piperidine rings is 3. The number of carbonyl (C=O) groups is 1. The summed E-state index contributed by atoms with van der Waals surface area (Å²) in [5.41, 5.74) is 0. The van der Waals surface area contributed by atoms with Gasteiger partial charge in [0.2, 0.25) is 5.91 Å². The van der Waals surface area contributed by atoms with Crippen molar-refractivity contribution in [2.24, 2.45) is 5.92 Å². The van der Waals surface area contributed by atoms with Gasteiger partial charge in [-0.05, 0) is 44.7 Å². The summed E-state index contributed by atoms with van der Waals surface area (Å²) in [5.74, 6) is 1.07. The maximum Gasteiger partial charge on any atom is 0.236 e. The van der Waals surface area contributed by atoms with E-state index in [1.165, 1.54) is 38.8 Å². The van der Waals surface area contributed by atoms with Crippen LogP contribution in [0.1, 0.15) is 25.7 Å². The Morgan fingerprint density at radius 3 is 2.53 bits per heavy atom. The minimum Gasteiger partial charge on any atom is -0.342 e. The summed E-state index contributed by atoms with van der Waals surface area (Å²) >= 11 is 0. The van der Waals surface area contributed by atoms with Crippen molar-refractivity contribution < 1.29 is 4.79 Å². The first-order chi connectivity index (χ1) is 8.24. The Morgan fingerprint density at radius 1 is 1.29 bits per heavy atom. The highest BCUT2D eigenvalue weighted by molar-refractivity contribution is 5.78. The summed E-state index contributed by atoms with van der Waals surface area (Å²) in [7, 11) is 1.94. The van der Waals surface area contributed by atoms with Crippen LogP contribution in [0, 0.1) is 5.92 Å². The molecule has 1 N–H and O–H groups in total. The van der Waals surface area contributed by atoms with Crippen LogP contribution >= 0.6 is 0 Å². The highest BCUT2D eigenvalue weighted by atomic mass is 16.2. The smallest absolute Gasteiger partial charge is 0.236 e. The predicted molar refractivity (Wildman–Crippen MR) is 66.7 cm³/mol. The zero-order chi connectivity index (χ0) is 11.8. The van der Waals surface area contributed by atoms with Gasteiger partial charge in [0.1, 0.15) is 0 Å². The molecule has 1 aliphatic carbocycles. The Bertz CT molecular complexity index is 295. The molecule has 0 spiro atoms. The van der Waals surface area contributed by atoms with E-state index in [9.17, 15) is 4.79 Å². The Labute approximate surface area is 103 Å². The van der Waals surface area contributed by atoms with Gasteiger partial charge in [-0.25, -0.2) is 0 Å². The largest absolute Gasteiger partial charge is 0.342 e. The van der Waals surface area contributed by atoms with Gasteiger partial charge >= 0.3 is 0 Å². The van der Waals surface area contributed by atoms with Crippen molar-refractivity contribution in [2.75, 3.05) is 33.2 Å². The van der Waals surface area contributed by atoms with E-state index in [-0.39, 0.29) is 5.91 Å². The quantitative estimate of drug-likeness (QED) is 0.763. The van der Waals surface area contributed by atoms with Crippen LogP contribution in [-0.2, 0) is 4.79 Å². The molecule has 96 valence electrons. The van der Waals surface area contributed by atoms with Crippen molar-refractivity contribution >= 4 is 5.91 Å². The maximum absolute atomic E-state index is 11.9. The molecular formula is C13H23N3O. The summed E-state index contributed by atoms with van der Waals surface area (Å²) in [6.45, 7) is 4.20. The summed E-state index contributed by atoms with van der Waals surface area (Å²) < 4.78 is 0. The van der Waals surface area contributed by atoms with Gasteiger partial charge in [0.15, 0.2) is 0 Å². The van der Waals surface area contributed by atoms with Crippen LogP contribution < -0.4 is 5.32 Å². The second-order valence-electron chi connectivity index (χ2n) is 5.86. The summed E-state index contributed by atoms with van der Waals surface area (Å²) in [6, 6.07) is 1.09. The van der Waals surface area contributed by atoms with E-state index in [4.69, 9.17) is 0 Å². The first-order valence-electron chi connectivity index (χ1n) is 6.95. The first kappa shape index (κ1) is 11.5. The van der Waals surface area contributed by atoms with Crippen LogP contribution in [0.15, 0.2) is 0 Å². The molecule has 1 amide bonds. The molecule has 17 heavy (non-hydrogen) atoms. The Hall–Kier alpha value is -0.610. The summed E-state index contributed by atoms with van der Waals surface area (Å²) in [5, 5.41) is 3.48. The number of nitrogens with zero attached hydrogens (tertiary/aromatic N) is 2. The van der Waals surface area contributed by atoms with Crippen molar-refractivity contribution in [1.82, 2.24) is 15.1 Å². The average Bonchev–Trinajstić information content (AvgIpc) is 3.21. The molecule has 0 radical (unpaired) electrons. The van der Waals surface area contributed by atoms with E-state index >= 15 is 0 Å². The van der Waals surface area contributed by atoms with E-state index in [1.807, 2.05) is 11.9 Å². The molecule has 0 aromatic carbocycles. The minimum absolute atomic E-state index is 0.268. The van der Waals surface area contributed by atoms with Crippen molar-refractivity contribution in [1.29, 1.82) is 0 Å². The molecule has 2 bridgehead atoms. The van der Waals surface area contributed by atoms with Crippen molar-refractivity contribution in [3.8, 4) is 0 Å². The molecule has 4 heteroatoms. The molecule has 0 aromatic heterocycles. The lowest BCUT2D eigenvalue weighted by atomic mass is 9.84. The highest BCUT2D eigenvalue weighted by Gasteiger charge is 2.35. The van der Waals surface area contributed by atoms with Gasteiger partial charge in [0.25, 0.3) is 0 Å². The van der Waals surface area contributed by atoms with E-state index in [1.54, 1.807) is 0 Å². The van der Waals surface area contributed by atoms with Crippen LogP contribution in [0.4, 0.5) is 0 Å². The normalized spacial score (nSPS) is 35.9. The third-order valence-corrected chi connectivity index (χ3v) is 4.66. The van der Waals surface area contributed by atoms with Gasteiger partial charge in [-0.3, -0.25) is 4.79 Å². The molecule has 4 rings (SSSR count). The Kier molecular flexibility index (Phi) is 3.09. The lowest BCUT2D eigenvalue weighted by Gasteiger charge is -2.45. The second kappa shape index (κ2) is 4.58. The zero-order valence-electron chi connectivity index (χ0n) is 10.7. The molecule has 4 nitrogen and oxygen atoms in total. The topological polar surface area (TPSA) is 35.6 Å². The van der Waals surface area contributed by atoms with Gasteiger partial charge in [0.05, 0.1) is 6.54 Å². The molecule has 0 aromatic rings. The fraction of sp³-hybridized carbons (Fsp3) is 0.923. The standard InChI is InChI=1S/C13H23N3O/c1-15(11-2-3-11)13(17)8-14-12-9-16-6-4-10(12)5-7-16/h10-12,14H,2-9H2,1H3. The number of carbonyl (C=O) groups excluding carboxylic acids is 1. The van der Waals surface area contributed by atoms with Crippen molar-refractivity contribution in [2.45, 2.75) is 37.8 Å².